The van der Waals surface area contributed by atoms with Gasteiger partial charge in [-0.3, -0.25) is 4.84 Å². The van der Waals surface area contributed by atoms with Crippen LogP contribution >= 0.6 is 0 Å². The van der Waals surface area contributed by atoms with Gasteiger partial charge in [0.1, 0.15) is 6.10 Å². The summed E-state index contributed by atoms with van der Waals surface area (Å²) in [6.45, 7) is 2.17. The molecule has 3 heteroatoms. The van der Waals surface area contributed by atoms with E-state index in [9.17, 15) is 0 Å². The molecule has 2 bridgehead atoms. The maximum absolute atomic E-state index is 6.25. The zero-order chi connectivity index (χ0) is 14.2. The average molecular weight is 278 g/mol. The van der Waals surface area contributed by atoms with Crippen LogP contribution in [0.5, 0.6) is 0 Å². The zero-order valence-corrected chi connectivity index (χ0v) is 12.0. The van der Waals surface area contributed by atoms with Crippen molar-refractivity contribution in [3.05, 3.63) is 71.9 Å². The number of pyridine rings is 1. The van der Waals surface area contributed by atoms with Crippen LogP contribution in [0.25, 0.3) is 0 Å². The highest BCUT2D eigenvalue weighted by Gasteiger charge is 2.42. The van der Waals surface area contributed by atoms with E-state index in [0.717, 1.165) is 12.2 Å². The Hall–Kier alpha value is -2.13. The first-order valence-electron chi connectivity index (χ1n) is 7.43. The molecule has 2 aromatic rings. The molecule has 106 valence electrons. The van der Waals surface area contributed by atoms with Gasteiger partial charge >= 0.3 is 0 Å². The van der Waals surface area contributed by atoms with Crippen LogP contribution in [0.2, 0.25) is 0 Å². The van der Waals surface area contributed by atoms with E-state index in [4.69, 9.17) is 4.84 Å². The van der Waals surface area contributed by atoms with E-state index < -0.39 is 0 Å². The molecule has 0 amide bonds. The fraction of sp³-hybridized carbons (Fsp3) is 0.278. The van der Waals surface area contributed by atoms with Gasteiger partial charge in [0.15, 0.2) is 5.82 Å². The van der Waals surface area contributed by atoms with Crippen LogP contribution in [0.15, 0.2) is 66.4 Å². The number of benzene rings is 1. The predicted octanol–water partition coefficient (Wildman–Crippen LogP) is 3.70. The van der Waals surface area contributed by atoms with Crippen molar-refractivity contribution in [2.75, 3.05) is 5.06 Å². The smallest absolute Gasteiger partial charge is 0.153 e. The number of anilines is 1. The topological polar surface area (TPSA) is 25.4 Å². The van der Waals surface area contributed by atoms with E-state index in [-0.39, 0.29) is 12.1 Å². The van der Waals surface area contributed by atoms with E-state index in [1.807, 2.05) is 29.5 Å². The quantitative estimate of drug-likeness (QED) is 0.783. The molecular formula is C18H18N2O. The molecule has 21 heavy (non-hydrogen) atoms. The van der Waals surface area contributed by atoms with Gasteiger partial charge in [-0.15, -0.1) is 0 Å². The standard InChI is InChI=1S/C18H18N2O/c1-13-11-15-12-16(14-7-3-2-4-8-14)18(13)21-20(15)17-9-5-6-10-19-17/h2-11,15-16,18H,12H2,1H3. The Labute approximate surface area is 124 Å². The van der Waals surface area contributed by atoms with E-state index in [1.165, 1.54) is 11.1 Å². The van der Waals surface area contributed by atoms with Gasteiger partial charge in [-0.1, -0.05) is 42.5 Å². The van der Waals surface area contributed by atoms with Gasteiger partial charge < -0.3 is 0 Å². The number of nitrogens with zero attached hydrogens (tertiary/aromatic N) is 2. The summed E-state index contributed by atoms with van der Waals surface area (Å²) in [4.78, 5) is 10.7. The molecule has 3 atom stereocenters. The van der Waals surface area contributed by atoms with Gasteiger partial charge in [-0.2, -0.15) is 0 Å². The van der Waals surface area contributed by atoms with Gasteiger partial charge in [-0.25, -0.2) is 10.0 Å². The Kier molecular flexibility index (Phi) is 3.00. The summed E-state index contributed by atoms with van der Waals surface area (Å²) in [5.41, 5.74) is 2.69. The molecule has 0 radical (unpaired) electrons. The maximum atomic E-state index is 6.25. The Bertz CT molecular complexity index is 653. The van der Waals surface area contributed by atoms with Crippen LogP contribution in [-0.2, 0) is 4.84 Å². The van der Waals surface area contributed by atoms with Crippen molar-refractivity contribution in [2.45, 2.75) is 31.4 Å². The molecule has 3 unspecified atom stereocenters. The Balaban J connectivity index is 1.66. The molecular weight excluding hydrogens is 260 g/mol. The molecule has 3 aliphatic rings. The Morgan fingerprint density at radius 3 is 2.62 bits per heavy atom. The highest BCUT2D eigenvalue weighted by atomic mass is 16.7. The van der Waals surface area contributed by atoms with E-state index in [0.29, 0.717) is 5.92 Å². The summed E-state index contributed by atoms with van der Waals surface area (Å²) in [7, 11) is 0. The second-order valence-electron chi connectivity index (χ2n) is 5.77. The molecule has 1 saturated heterocycles. The predicted molar refractivity (Wildman–Crippen MR) is 82.9 cm³/mol. The Morgan fingerprint density at radius 2 is 1.90 bits per heavy atom. The molecule has 1 fully saturated rings. The van der Waals surface area contributed by atoms with E-state index in [1.54, 1.807) is 0 Å². The number of hydrogen-bond donors (Lipinski definition) is 0. The largest absolute Gasteiger partial charge is 0.263 e. The first kappa shape index (κ1) is 12.6. The highest BCUT2D eigenvalue weighted by Crippen LogP contribution is 2.43. The fourth-order valence-corrected chi connectivity index (χ4v) is 3.41. The summed E-state index contributed by atoms with van der Waals surface area (Å²) in [6.07, 6.45) is 5.32. The van der Waals surface area contributed by atoms with Crippen LogP contribution in [0, 0.1) is 0 Å². The molecule has 0 saturated carbocycles. The van der Waals surface area contributed by atoms with Gasteiger partial charge in [0.05, 0.1) is 6.04 Å². The molecule has 3 nitrogen and oxygen atoms in total. The van der Waals surface area contributed by atoms with Crippen LogP contribution in [0.4, 0.5) is 5.82 Å². The molecule has 1 aromatic carbocycles. The zero-order valence-electron chi connectivity index (χ0n) is 12.0. The van der Waals surface area contributed by atoms with E-state index >= 15 is 0 Å². The monoisotopic (exact) mass is 278 g/mol. The SMILES string of the molecule is CC1=CC2CC(c3ccccc3)C1ON2c1ccccn1. The lowest BCUT2D eigenvalue weighted by Crippen LogP contribution is -2.51. The number of aromatic nitrogens is 1. The highest BCUT2D eigenvalue weighted by molar-refractivity contribution is 5.43. The van der Waals surface area contributed by atoms with Gasteiger partial charge in [0.25, 0.3) is 0 Å². The van der Waals surface area contributed by atoms with Crippen LogP contribution in [0.1, 0.15) is 24.8 Å². The summed E-state index contributed by atoms with van der Waals surface area (Å²) in [5.74, 6) is 1.32. The molecule has 0 spiro atoms. The maximum Gasteiger partial charge on any atom is 0.153 e. The van der Waals surface area contributed by atoms with Crippen molar-refractivity contribution in [3.8, 4) is 0 Å². The summed E-state index contributed by atoms with van der Waals surface area (Å²) < 4.78 is 0. The van der Waals surface area contributed by atoms with Crippen molar-refractivity contribution < 1.29 is 4.84 Å². The van der Waals surface area contributed by atoms with Crippen LogP contribution in [0.3, 0.4) is 0 Å². The number of hydroxylamine groups is 1. The number of rotatable bonds is 2. The third kappa shape index (κ3) is 2.14. The second-order valence-corrected chi connectivity index (χ2v) is 5.77. The molecule has 2 aliphatic heterocycles. The molecule has 1 aliphatic carbocycles. The molecule has 1 aromatic heterocycles. The summed E-state index contributed by atoms with van der Waals surface area (Å²) >= 11 is 0. The normalized spacial score (nSPS) is 27.6. The van der Waals surface area contributed by atoms with Crippen molar-refractivity contribution in [3.63, 3.8) is 0 Å². The molecule has 5 rings (SSSR count). The van der Waals surface area contributed by atoms with Crippen LogP contribution < -0.4 is 5.06 Å². The fourth-order valence-electron chi connectivity index (χ4n) is 3.41. The minimum Gasteiger partial charge on any atom is -0.263 e. The van der Waals surface area contributed by atoms with Crippen LogP contribution in [-0.4, -0.2) is 17.1 Å². The lowest BCUT2D eigenvalue weighted by Gasteiger charge is -2.47. The Morgan fingerprint density at radius 1 is 1.10 bits per heavy atom. The van der Waals surface area contributed by atoms with E-state index in [2.05, 4.69) is 48.3 Å². The average Bonchev–Trinajstić information content (AvgIpc) is 2.56. The van der Waals surface area contributed by atoms with Crippen molar-refractivity contribution in [1.29, 1.82) is 0 Å². The lowest BCUT2D eigenvalue weighted by molar-refractivity contribution is -0.0208. The molecule has 3 heterocycles. The number of fused-ring (bicyclic) bond motifs is 2. The second kappa shape index (κ2) is 5.01. The molecule has 0 N–H and O–H groups in total. The summed E-state index contributed by atoms with van der Waals surface area (Å²) in [5, 5.41) is 1.97. The minimum atomic E-state index is 0.111. The number of hydrogen-bond acceptors (Lipinski definition) is 3. The third-order valence-corrected chi connectivity index (χ3v) is 4.40. The lowest BCUT2D eigenvalue weighted by atomic mass is 9.78. The third-order valence-electron chi connectivity index (χ3n) is 4.40. The first-order valence-corrected chi connectivity index (χ1v) is 7.43. The minimum absolute atomic E-state index is 0.111. The summed E-state index contributed by atoms with van der Waals surface area (Å²) in [6, 6.07) is 16.9. The van der Waals surface area contributed by atoms with Gasteiger partial charge in [0, 0.05) is 12.1 Å². The van der Waals surface area contributed by atoms with Gasteiger partial charge in [-0.05, 0) is 36.6 Å². The first-order chi connectivity index (χ1) is 10.3. The van der Waals surface area contributed by atoms with Gasteiger partial charge in [0.2, 0.25) is 0 Å². The van der Waals surface area contributed by atoms with Crippen molar-refractivity contribution in [1.82, 2.24) is 4.98 Å². The van der Waals surface area contributed by atoms with Crippen molar-refractivity contribution in [2.24, 2.45) is 0 Å². The van der Waals surface area contributed by atoms with Crippen molar-refractivity contribution >= 4 is 5.82 Å².